The molecule has 2 atom stereocenters. The number of hydrogen-bond donors (Lipinski definition) is 1. The Hall–Kier alpha value is -1.16. The maximum Gasteiger partial charge on any atom is 0.323 e. The number of fused-ring (bicyclic) bond motifs is 3. The molecule has 1 aliphatic heterocycles. The van der Waals surface area contributed by atoms with Gasteiger partial charge in [-0.3, -0.25) is 10.1 Å². The van der Waals surface area contributed by atoms with Crippen molar-refractivity contribution in [1.29, 1.82) is 0 Å². The molecule has 0 bridgehead atoms. The van der Waals surface area contributed by atoms with Crippen LogP contribution in [0.5, 0.6) is 0 Å². The van der Waals surface area contributed by atoms with Crippen LogP contribution < -0.4 is 5.32 Å². The van der Waals surface area contributed by atoms with Crippen LogP contribution in [0, 0.1) is 0 Å². The number of carbonyl (C=O) groups is 1. The Balaban J connectivity index is 2.16. The third kappa shape index (κ3) is 1.93. The largest absolute Gasteiger partial charge is 0.468 e. The van der Waals surface area contributed by atoms with Crippen LogP contribution in [0.1, 0.15) is 11.3 Å². The molecule has 2 aromatic heterocycles. The number of carbonyl (C=O) groups excluding carboxylic acids is 1. The molecule has 0 saturated heterocycles. The minimum atomic E-state index is -0.329. The summed E-state index contributed by atoms with van der Waals surface area (Å²) in [4.78, 5) is 16.0. The molecule has 100 valence electrons. The molecule has 0 saturated carbocycles. The summed E-state index contributed by atoms with van der Waals surface area (Å²) in [5.41, 5.74) is 2.97. The summed E-state index contributed by atoms with van der Waals surface area (Å²) in [6.45, 7) is 0.589. The number of methoxy groups -OCH3 is 1. The van der Waals surface area contributed by atoms with Gasteiger partial charge >= 0.3 is 5.97 Å². The van der Waals surface area contributed by atoms with Gasteiger partial charge in [0.15, 0.2) is 0 Å². The first-order chi connectivity index (χ1) is 9.13. The molecule has 0 fully saturated rings. The summed E-state index contributed by atoms with van der Waals surface area (Å²) in [7, 11) is 4.04. The molecule has 5 nitrogen and oxygen atoms in total. The van der Waals surface area contributed by atoms with Crippen LogP contribution in [0.4, 0.5) is 0 Å². The highest BCUT2D eigenvalue weighted by Crippen LogP contribution is 2.34. The van der Waals surface area contributed by atoms with E-state index in [0.29, 0.717) is 18.0 Å². The van der Waals surface area contributed by atoms with Crippen LogP contribution in [-0.4, -0.2) is 28.4 Å². The fraction of sp³-hybridized carbons (Fsp3) is 0.333. The third-order valence-electron chi connectivity index (χ3n) is 3.46. The van der Waals surface area contributed by atoms with E-state index >= 15 is 0 Å². The fourth-order valence-electron chi connectivity index (χ4n) is 2.52. The van der Waals surface area contributed by atoms with Crippen LogP contribution in [0.15, 0.2) is 12.3 Å². The minimum absolute atomic E-state index is 0.254. The summed E-state index contributed by atoms with van der Waals surface area (Å²) in [6.07, 6.45) is 2.24. The van der Waals surface area contributed by atoms with E-state index in [-0.39, 0.29) is 12.0 Å². The second-order valence-electron chi connectivity index (χ2n) is 4.45. The van der Waals surface area contributed by atoms with Crippen LogP contribution in [0.25, 0.3) is 11.0 Å². The number of esters is 1. The number of aromatic nitrogens is 2. The minimum Gasteiger partial charge on any atom is -0.468 e. The van der Waals surface area contributed by atoms with E-state index in [0.717, 1.165) is 22.3 Å². The molecule has 0 spiro atoms. The molecule has 2 aromatic rings. The zero-order chi connectivity index (χ0) is 13.6. The molecule has 1 N–H and O–H groups in total. The Morgan fingerprint density at radius 2 is 2.47 bits per heavy atom. The zero-order valence-electron chi connectivity index (χ0n) is 10.3. The van der Waals surface area contributed by atoms with Gasteiger partial charge in [-0.2, -0.15) is 0 Å². The summed E-state index contributed by atoms with van der Waals surface area (Å²) >= 11 is 6.27. The molecule has 0 aromatic carbocycles. The number of nitrogens with zero attached hydrogens (tertiary/aromatic N) is 2. The number of ether oxygens (including phenoxy) is 1. The lowest BCUT2D eigenvalue weighted by Gasteiger charge is -2.22. The maximum atomic E-state index is 11.7. The second kappa shape index (κ2) is 4.75. The Labute approximate surface area is 117 Å². The first kappa shape index (κ1) is 12.9. The van der Waals surface area contributed by atoms with E-state index in [2.05, 4.69) is 19.7 Å². The Kier molecular flexibility index (Phi) is 3.21. The van der Waals surface area contributed by atoms with Crippen LogP contribution in [0.3, 0.4) is 0 Å². The molecule has 0 aliphatic carbocycles. The first-order valence-corrected chi connectivity index (χ1v) is 6.76. The van der Waals surface area contributed by atoms with Crippen molar-refractivity contribution in [2.75, 3.05) is 7.11 Å². The Bertz CT molecular complexity index is 671. The van der Waals surface area contributed by atoms with Gasteiger partial charge in [-0.15, -0.1) is 0 Å². The van der Waals surface area contributed by atoms with Gasteiger partial charge in [0.2, 0.25) is 0 Å². The molecule has 2 unspecified atom stereocenters. The van der Waals surface area contributed by atoms with Crippen LogP contribution >= 0.6 is 21.0 Å². The predicted octanol–water partition coefficient (Wildman–Crippen LogP) is 1.52. The van der Waals surface area contributed by atoms with Crippen molar-refractivity contribution in [3.05, 3.63) is 28.5 Å². The summed E-state index contributed by atoms with van der Waals surface area (Å²) < 4.78 is 6.73. The smallest absolute Gasteiger partial charge is 0.323 e. The van der Waals surface area contributed by atoms with Crippen molar-refractivity contribution >= 4 is 38.0 Å². The van der Waals surface area contributed by atoms with Crippen LogP contribution in [-0.2, 0) is 22.5 Å². The second-order valence-corrected chi connectivity index (χ2v) is 5.37. The lowest BCUT2D eigenvalue weighted by molar-refractivity contribution is -0.143. The van der Waals surface area contributed by atoms with Crippen molar-refractivity contribution in [3.63, 3.8) is 0 Å². The highest BCUT2D eigenvalue weighted by Gasteiger charge is 2.29. The standard InChI is InChI=1S/C12H13ClN3O2P/c1-18-12(17)8-4-6-9(5-15-8)16(19)11-10(6)7(13)2-3-14-11/h2-3,8,15H,4-5,19H2,1H3. The van der Waals surface area contributed by atoms with Crippen molar-refractivity contribution in [1.82, 2.24) is 14.6 Å². The Morgan fingerprint density at radius 3 is 3.21 bits per heavy atom. The summed E-state index contributed by atoms with van der Waals surface area (Å²) in [5.74, 6) is -0.254. The fourth-order valence-corrected chi connectivity index (χ4v) is 3.22. The lowest BCUT2D eigenvalue weighted by Crippen LogP contribution is -2.42. The molecular weight excluding hydrogens is 285 g/mol. The van der Waals surface area contributed by atoms with Crippen molar-refractivity contribution in [2.45, 2.75) is 19.0 Å². The van der Waals surface area contributed by atoms with Gasteiger partial charge in [-0.25, -0.2) is 4.98 Å². The van der Waals surface area contributed by atoms with E-state index in [9.17, 15) is 4.79 Å². The van der Waals surface area contributed by atoms with Gasteiger partial charge in [-0.05, 0) is 21.0 Å². The van der Waals surface area contributed by atoms with Crippen LogP contribution in [0.2, 0.25) is 5.02 Å². The van der Waals surface area contributed by atoms with E-state index in [1.54, 1.807) is 12.3 Å². The number of rotatable bonds is 1. The quantitative estimate of drug-likeness (QED) is 0.640. The average Bonchev–Trinajstić information content (AvgIpc) is 2.72. The maximum absolute atomic E-state index is 11.7. The molecular formula is C12H13ClN3O2P. The Morgan fingerprint density at radius 1 is 1.68 bits per heavy atom. The molecule has 3 heterocycles. The average molecular weight is 298 g/mol. The molecule has 0 radical (unpaired) electrons. The van der Waals surface area contributed by atoms with Crippen molar-refractivity contribution < 1.29 is 9.53 Å². The molecule has 1 aliphatic rings. The molecule has 0 amide bonds. The lowest BCUT2D eigenvalue weighted by atomic mass is 9.99. The monoisotopic (exact) mass is 297 g/mol. The summed E-state index contributed by atoms with van der Waals surface area (Å²) in [6, 6.07) is 1.44. The topological polar surface area (TPSA) is 56.2 Å². The first-order valence-electron chi connectivity index (χ1n) is 5.86. The van der Waals surface area contributed by atoms with Gasteiger partial charge in [0, 0.05) is 30.2 Å². The van der Waals surface area contributed by atoms with Gasteiger partial charge in [0.05, 0.1) is 12.1 Å². The summed E-state index contributed by atoms with van der Waals surface area (Å²) in [5, 5.41) is 4.75. The zero-order valence-corrected chi connectivity index (χ0v) is 12.2. The number of halogens is 1. The normalized spacial score (nSPS) is 18.4. The number of hydrogen-bond acceptors (Lipinski definition) is 4. The van der Waals surface area contributed by atoms with Crippen molar-refractivity contribution in [2.24, 2.45) is 0 Å². The number of nitrogens with one attached hydrogen (secondary N) is 1. The highest BCUT2D eigenvalue weighted by molar-refractivity contribution is 7.15. The number of pyridine rings is 1. The van der Waals surface area contributed by atoms with Gasteiger partial charge in [0.25, 0.3) is 0 Å². The highest BCUT2D eigenvalue weighted by atomic mass is 35.5. The van der Waals surface area contributed by atoms with E-state index in [4.69, 9.17) is 16.3 Å². The van der Waals surface area contributed by atoms with Gasteiger partial charge in [0.1, 0.15) is 11.7 Å². The predicted molar refractivity (Wildman–Crippen MR) is 76.2 cm³/mol. The van der Waals surface area contributed by atoms with Crippen molar-refractivity contribution in [3.8, 4) is 0 Å². The van der Waals surface area contributed by atoms with Gasteiger partial charge in [-0.1, -0.05) is 11.6 Å². The van der Waals surface area contributed by atoms with E-state index in [1.807, 2.05) is 4.34 Å². The molecule has 19 heavy (non-hydrogen) atoms. The van der Waals surface area contributed by atoms with E-state index in [1.165, 1.54) is 7.11 Å². The third-order valence-corrected chi connectivity index (χ3v) is 4.33. The molecule has 3 rings (SSSR count). The van der Waals surface area contributed by atoms with E-state index < -0.39 is 0 Å². The molecule has 7 heteroatoms. The SMILES string of the molecule is COC(=O)C1Cc2c(n(P)c3nccc(Cl)c23)CN1. The van der Waals surface area contributed by atoms with Gasteiger partial charge < -0.3 is 9.07 Å².